The van der Waals surface area contributed by atoms with Crippen LogP contribution in [0.5, 0.6) is 5.75 Å². The second-order valence-corrected chi connectivity index (χ2v) is 12.4. The lowest BCUT2D eigenvalue weighted by Crippen LogP contribution is -2.51. The van der Waals surface area contributed by atoms with Crippen LogP contribution in [0.4, 0.5) is 0 Å². The normalized spacial score (nSPS) is 21.3. The summed E-state index contributed by atoms with van der Waals surface area (Å²) in [6, 6.07) is 10.2. The minimum absolute atomic E-state index is 0.0539. The summed E-state index contributed by atoms with van der Waals surface area (Å²) in [6.07, 6.45) is 11.9. The molecule has 0 radical (unpaired) electrons. The number of aromatic amines is 1. The summed E-state index contributed by atoms with van der Waals surface area (Å²) < 4.78 is 36.7. The van der Waals surface area contributed by atoms with Crippen molar-refractivity contribution in [1.29, 1.82) is 5.26 Å². The lowest BCUT2D eigenvalue weighted by Gasteiger charge is -2.37. The van der Waals surface area contributed by atoms with E-state index < -0.39 is 10.0 Å². The van der Waals surface area contributed by atoms with Gasteiger partial charge in [0.2, 0.25) is 10.0 Å². The molecule has 2 aromatic heterocycles. The molecule has 0 spiro atoms. The molecule has 2 aliphatic heterocycles. The molecule has 208 valence electrons. The Morgan fingerprint density at radius 1 is 1.12 bits per heavy atom. The highest BCUT2D eigenvalue weighted by Crippen LogP contribution is 2.33. The van der Waals surface area contributed by atoms with Crippen LogP contribution in [0.15, 0.2) is 48.8 Å². The monoisotopic (exact) mass is 560 g/mol. The van der Waals surface area contributed by atoms with E-state index in [2.05, 4.69) is 50.2 Å². The molecule has 1 aromatic carbocycles. The number of H-pyrrole nitrogens is 1. The van der Waals surface area contributed by atoms with Gasteiger partial charge in [0, 0.05) is 61.7 Å². The predicted molar refractivity (Wildman–Crippen MR) is 152 cm³/mol. The van der Waals surface area contributed by atoms with Crippen LogP contribution in [0, 0.1) is 11.3 Å². The molecule has 10 nitrogen and oxygen atoms in total. The minimum atomic E-state index is -3.14. The fourth-order valence-corrected chi connectivity index (χ4v) is 6.44. The van der Waals surface area contributed by atoms with Crippen molar-refractivity contribution in [1.82, 2.24) is 24.2 Å². The van der Waals surface area contributed by atoms with Gasteiger partial charge in [-0.1, -0.05) is 18.2 Å². The van der Waals surface area contributed by atoms with Gasteiger partial charge in [0.05, 0.1) is 30.7 Å². The first-order chi connectivity index (χ1) is 19.4. The molecule has 1 aliphatic carbocycles. The number of benzene rings is 1. The van der Waals surface area contributed by atoms with Crippen LogP contribution < -0.4 is 4.74 Å². The standard InChI is InChI=1S/C29H32N6O4S/c1-40(36,37)35-12-10-34(11-13-35)23-5-2-20(3-6-23)26-17-25-28(31-19-32-29(25)33-26)21-4-7-27(22(16-21)18-30)39-24-8-14-38-15-9-24/h2-5,7,16-17,19,23-24H,6,8-15H2,1H3,(H,31,32,33). The Hall–Kier alpha value is -3.56. The summed E-state index contributed by atoms with van der Waals surface area (Å²) >= 11 is 0. The second kappa shape index (κ2) is 11.1. The first-order valence-electron chi connectivity index (χ1n) is 13.6. The molecule has 3 aromatic rings. The predicted octanol–water partition coefficient (Wildman–Crippen LogP) is 3.34. The highest BCUT2D eigenvalue weighted by Gasteiger charge is 2.27. The summed E-state index contributed by atoms with van der Waals surface area (Å²) in [5.74, 6) is 0.586. The van der Waals surface area contributed by atoms with E-state index >= 15 is 0 Å². The van der Waals surface area contributed by atoms with Gasteiger partial charge in [0.1, 0.15) is 29.9 Å². The van der Waals surface area contributed by atoms with Crippen molar-refractivity contribution in [2.75, 3.05) is 45.6 Å². The third-order valence-corrected chi connectivity index (χ3v) is 9.16. The number of aromatic nitrogens is 3. The van der Waals surface area contributed by atoms with Crippen molar-refractivity contribution < 1.29 is 17.9 Å². The van der Waals surface area contributed by atoms with Crippen molar-refractivity contribution in [2.45, 2.75) is 31.4 Å². The lowest BCUT2D eigenvalue weighted by atomic mass is 9.99. The summed E-state index contributed by atoms with van der Waals surface area (Å²) in [4.78, 5) is 14.8. The lowest BCUT2D eigenvalue weighted by molar-refractivity contribution is 0.0254. The van der Waals surface area contributed by atoms with E-state index in [1.165, 1.54) is 12.6 Å². The molecule has 0 saturated carbocycles. The number of allylic oxidation sites excluding steroid dienone is 2. The molecule has 1 N–H and O–H groups in total. The number of nitriles is 1. The van der Waals surface area contributed by atoms with Gasteiger partial charge in [-0.05, 0) is 36.3 Å². The Balaban J connectivity index is 1.19. The van der Waals surface area contributed by atoms with Crippen LogP contribution in [0.25, 0.3) is 27.9 Å². The number of piperazine rings is 1. The van der Waals surface area contributed by atoms with Crippen LogP contribution in [-0.2, 0) is 14.8 Å². The summed E-state index contributed by atoms with van der Waals surface area (Å²) in [5, 5.41) is 10.7. The molecule has 3 aliphatic rings. The van der Waals surface area contributed by atoms with Gasteiger partial charge >= 0.3 is 0 Å². The van der Waals surface area contributed by atoms with E-state index in [4.69, 9.17) is 9.47 Å². The number of sulfonamides is 1. The Kier molecular flexibility index (Phi) is 7.42. The molecular formula is C29H32N6O4S. The van der Waals surface area contributed by atoms with Crippen molar-refractivity contribution in [3.05, 3.63) is 60.1 Å². The number of nitrogens with one attached hydrogen (secondary N) is 1. The van der Waals surface area contributed by atoms with E-state index in [-0.39, 0.29) is 12.1 Å². The molecule has 40 heavy (non-hydrogen) atoms. The fraction of sp³-hybridized carbons (Fsp3) is 0.414. The number of nitrogens with zero attached hydrogens (tertiary/aromatic N) is 5. The zero-order valence-corrected chi connectivity index (χ0v) is 23.2. The summed E-state index contributed by atoms with van der Waals surface area (Å²) in [7, 11) is -3.14. The Morgan fingerprint density at radius 2 is 1.93 bits per heavy atom. The highest BCUT2D eigenvalue weighted by atomic mass is 32.2. The third-order valence-electron chi connectivity index (χ3n) is 7.86. The van der Waals surface area contributed by atoms with Crippen molar-refractivity contribution >= 4 is 26.6 Å². The minimum Gasteiger partial charge on any atom is -0.489 e. The molecule has 4 heterocycles. The van der Waals surface area contributed by atoms with E-state index in [1.54, 1.807) is 4.31 Å². The highest BCUT2D eigenvalue weighted by molar-refractivity contribution is 7.88. The van der Waals surface area contributed by atoms with Gasteiger partial charge in [-0.3, -0.25) is 4.90 Å². The Morgan fingerprint density at radius 3 is 2.62 bits per heavy atom. The molecular weight excluding hydrogens is 528 g/mol. The number of fused-ring (bicyclic) bond motifs is 1. The van der Waals surface area contributed by atoms with Crippen LogP contribution in [-0.4, -0.2) is 90.4 Å². The van der Waals surface area contributed by atoms with Gasteiger partial charge in [0.15, 0.2) is 0 Å². The first-order valence-corrected chi connectivity index (χ1v) is 15.4. The average molecular weight is 561 g/mol. The average Bonchev–Trinajstić information content (AvgIpc) is 3.42. The molecule has 2 fully saturated rings. The summed E-state index contributed by atoms with van der Waals surface area (Å²) in [5.41, 5.74) is 4.82. The van der Waals surface area contributed by atoms with Crippen LogP contribution in [0.3, 0.4) is 0 Å². The largest absolute Gasteiger partial charge is 0.489 e. The quantitative estimate of drug-likeness (QED) is 0.487. The molecule has 0 amide bonds. The maximum Gasteiger partial charge on any atom is 0.211 e. The first kappa shape index (κ1) is 26.7. The zero-order chi connectivity index (χ0) is 27.7. The zero-order valence-electron chi connectivity index (χ0n) is 22.4. The summed E-state index contributed by atoms with van der Waals surface area (Å²) in [6.45, 7) is 3.85. The maximum atomic E-state index is 11.8. The van der Waals surface area contributed by atoms with Gasteiger partial charge in [-0.2, -0.15) is 9.57 Å². The van der Waals surface area contributed by atoms with Gasteiger partial charge in [0.25, 0.3) is 0 Å². The topological polar surface area (TPSA) is 124 Å². The van der Waals surface area contributed by atoms with Crippen LogP contribution in [0.2, 0.25) is 0 Å². The fourth-order valence-electron chi connectivity index (χ4n) is 5.61. The SMILES string of the molecule is CS(=O)(=O)N1CCN(C2C=CC(c3cc4c(-c5ccc(OC6CCOCC6)c(C#N)c5)ncnc4[nH]3)=CC2)CC1. The Labute approximate surface area is 234 Å². The number of ether oxygens (including phenoxy) is 2. The third kappa shape index (κ3) is 5.53. The smallest absolute Gasteiger partial charge is 0.211 e. The van der Waals surface area contributed by atoms with E-state index in [0.29, 0.717) is 37.6 Å². The van der Waals surface area contributed by atoms with Crippen molar-refractivity contribution in [3.8, 4) is 23.1 Å². The second-order valence-electron chi connectivity index (χ2n) is 10.4. The van der Waals surface area contributed by atoms with E-state index in [1.807, 2.05) is 18.2 Å². The van der Waals surface area contributed by atoms with Crippen LogP contribution in [0.1, 0.15) is 30.5 Å². The van der Waals surface area contributed by atoms with Gasteiger partial charge in [-0.25, -0.2) is 18.4 Å². The van der Waals surface area contributed by atoms with Crippen molar-refractivity contribution in [2.24, 2.45) is 0 Å². The molecule has 6 rings (SSSR count). The molecule has 0 bridgehead atoms. The molecule has 2 saturated heterocycles. The number of rotatable bonds is 6. The van der Waals surface area contributed by atoms with Crippen LogP contribution >= 0.6 is 0 Å². The molecule has 1 atom stereocenters. The number of hydrogen-bond acceptors (Lipinski definition) is 8. The number of hydrogen-bond donors (Lipinski definition) is 1. The van der Waals surface area contributed by atoms with Gasteiger partial charge < -0.3 is 14.5 Å². The Bertz CT molecular complexity index is 1610. The van der Waals surface area contributed by atoms with Gasteiger partial charge in [-0.15, -0.1) is 0 Å². The molecule has 11 heteroatoms. The van der Waals surface area contributed by atoms with E-state index in [9.17, 15) is 13.7 Å². The maximum absolute atomic E-state index is 11.8. The van der Waals surface area contributed by atoms with E-state index in [0.717, 1.165) is 65.9 Å². The van der Waals surface area contributed by atoms with Crippen molar-refractivity contribution in [3.63, 3.8) is 0 Å². The molecule has 1 unspecified atom stereocenters.